The van der Waals surface area contributed by atoms with Gasteiger partial charge in [-0.2, -0.15) is 0 Å². The van der Waals surface area contributed by atoms with Crippen molar-refractivity contribution in [3.63, 3.8) is 0 Å². The molecule has 0 spiro atoms. The van der Waals surface area contributed by atoms with E-state index in [4.69, 9.17) is 0 Å². The van der Waals surface area contributed by atoms with Crippen molar-refractivity contribution >= 4 is 0 Å². The van der Waals surface area contributed by atoms with E-state index in [-0.39, 0.29) is 0 Å². The van der Waals surface area contributed by atoms with Crippen molar-refractivity contribution in [2.24, 2.45) is 0 Å². The van der Waals surface area contributed by atoms with Crippen molar-refractivity contribution in [2.45, 2.75) is 20.3 Å². The van der Waals surface area contributed by atoms with Gasteiger partial charge in [-0.1, -0.05) is 11.6 Å². The van der Waals surface area contributed by atoms with Crippen molar-refractivity contribution in [2.75, 3.05) is 6.54 Å². The van der Waals surface area contributed by atoms with E-state index >= 15 is 0 Å². The van der Waals surface area contributed by atoms with Gasteiger partial charge in [0.2, 0.25) is 0 Å². The first-order chi connectivity index (χ1) is 4.29. The normalized spacial score (nSPS) is 19.3. The van der Waals surface area contributed by atoms with Gasteiger partial charge in [0.25, 0.3) is 0 Å². The zero-order valence-corrected chi connectivity index (χ0v) is 6.07. The quantitative estimate of drug-likeness (QED) is 0.518. The van der Waals surface area contributed by atoms with Crippen molar-refractivity contribution in [3.8, 4) is 0 Å². The van der Waals surface area contributed by atoms with E-state index < -0.39 is 0 Å². The third-order valence-electron chi connectivity index (χ3n) is 1.54. The molecule has 1 nitrogen and oxygen atoms in total. The minimum atomic E-state index is 1.09. The predicted octanol–water partition coefficient (Wildman–Crippen LogP) is 1.83. The van der Waals surface area contributed by atoms with Gasteiger partial charge < -0.3 is 5.32 Å². The molecule has 1 aliphatic rings. The Kier molecular flexibility index (Phi) is 1.93. The number of nitrogens with one attached hydrogen (secondary N) is 1. The standard InChI is InChI=1S/C8H13N/c1-7-3-4-8(2)9-6-5-7/h3-4,9H,5-6H2,1-2H3. The van der Waals surface area contributed by atoms with Crippen LogP contribution in [0.15, 0.2) is 23.4 Å². The average molecular weight is 123 g/mol. The summed E-state index contributed by atoms with van der Waals surface area (Å²) in [6.07, 6.45) is 5.48. The molecular formula is C8H13N. The van der Waals surface area contributed by atoms with Crippen LogP contribution >= 0.6 is 0 Å². The van der Waals surface area contributed by atoms with Crippen molar-refractivity contribution in [3.05, 3.63) is 23.4 Å². The number of hydrogen-bond acceptors (Lipinski definition) is 1. The van der Waals surface area contributed by atoms with Gasteiger partial charge in [0.05, 0.1) is 0 Å². The lowest BCUT2D eigenvalue weighted by Gasteiger charge is -2.00. The fourth-order valence-corrected chi connectivity index (χ4v) is 0.866. The van der Waals surface area contributed by atoms with Crippen molar-refractivity contribution in [1.82, 2.24) is 5.32 Å². The predicted molar refractivity (Wildman–Crippen MR) is 40.1 cm³/mol. The van der Waals surface area contributed by atoms with E-state index in [0.29, 0.717) is 0 Å². The molecule has 0 aromatic rings. The Balaban J connectivity index is 2.63. The fraction of sp³-hybridized carbons (Fsp3) is 0.500. The molecule has 1 heterocycles. The SMILES string of the molecule is CC1=CC=C(C)NCC1. The molecule has 0 bridgehead atoms. The number of hydrogen-bond donors (Lipinski definition) is 1. The molecule has 50 valence electrons. The molecule has 0 fully saturated rings. The zero-order chi connectivity index (χ0) is 6.69. The second-order valence-electron chi connectivity index (χ2n) is 2.54. The van der Waals surface area contributed by atoms with Crippen LogP contribution in [0, 0.1) is 0 Å². The Morgan fingerprint density at radius 2 is 2.11 bits per heavy atom. The highest BCUT2D eigenvalue weighted by Gasteiger charge is 1.93. The summed E-state index contributed by atoms with van der Waals surface area (Å²) in [7, 11) is 0. The van der Waals surface area contributed by atoms with Crippen LogP contribution in [0.1, 0.15) is 20.3 Å². The lowest BCUT2D eigenvalue weighted by molar-refractivity contribution is 0.793. The summed E-state index contributed by atoms with van der Waals surface area (Å²) in [5.41, 5.74) is 2.73. The average Bonchev–Trinajstić information content (AvgIpc) is 1.97. The maximum atomic E-state index is 3.28. The van der Waals surface area contributed by atoms with E-state index in [0.717, 1.165) is 6.54 Å². The summed E-state index contributed by atoms with van der Waals surface area (Å²) in [4.78, 5) is 0. The Morgan fingerprint density at radius 1 is 1.33 bits per heavy atom. The summed E-state index contributed by atoms with van der Waals surface area (Å²) >= 11 is 0. The Bertz CT molecular complexity index is 136. The van der Waals surface area contributed by atoms with Crippen LogP contribution in [0.4, 0.5) is 0 Å². The van der Waals surface area contributed by atoms with Gasteiger partial charge in [0, 0.05) is 12.2 Å². The third kappa shape index (κ3) is 1.92. The molecule has 0 amide bonds. The molecule has 1 N–H and O–H groups in total. The molecule has 1 aliphatic heterocycles. The zero-order valence-electron chi connectivity index (χ0n) is 6.07. The molecule has 0 saturated heterocycles. The summed E-state index contributed by atoms with van der Waals surface area (Å²) in [5, 5.41) is 3.28. The minimum Gasteiger partial charge on any atom is -0.388 e. The van der Waals surface area contributed by atoms with Crippen LogP contribution in [0.5, 0.6) is 0 Å². The molecule has 0 aliphatic carbocycles. The summed E-state index contributed by atoms with van der Waals surface area (Å²) in [6.45, 7) is 5.34. The lowest BCUT2D eigenvalue weighted by Crippen LogP contribution is -2.10. The van der Waals surface area contributed by atoms with Gasteiger partial charge >= 0.3 is 0 Å². The number of allylic oxidation sites excluding steroid dienone is 3. The van der Waals surface area contributed by atoms with Crippen molar-refractivity contribution in [1.29, 1.82) is 0 Å². The second-order valence-corrected chi connectivity index (χ2v) is 2.54. The van der Waals surface area contributed by atoms with Gasteiger partial charge in [-0.25, -0.2) is 0 Å². The van der Waals surface area contributed by atoms with E-state index in [1.165, 1.54) is 17.7 Å². The molecule has 1 rings (SSSR count). The smallest absolute Gasteiger partial charge is 0.0181 e. The molecule has 0 aromatic carbocycles. The van der Waals surface area contributed by atoms with E-state index in [9.17, 15) is 0 Å². The highest BCUT2D eigenvalue weighted by Crippen LogP contribution is 2.04. The van der Waals surface area contributed by atoms with Gasteiger partial charge in [-0.05, 0) is 26.3 Å². The molecule has 0 unspecified atom stereocenters. The van der Waals surface area contributed by atoms with Crippen LogP contribution in [-0.4, -0.2) is 6.54 Å². The van der Waals surface area contributed by atoms with Crippen LogP contribution < -0.4 is 5.32 Å². The van der Waals surface area contributed by atoms with Gasteiger partial charge in [-0.3, -0.25) is 0 Å². The molecule has 0 radical (unpaired) electrons. The van der Waals surface area contributed by atoms with E-state index in [1.807, 2.05) is 0 Å². The highest BCUT2D eigenvalue weighted by molar-refractivity contribution is 5.17. The van der Waals surface area contributed by atoms with Gasteiger partial charge in [-0.15, -0.1) is 0 Å². The Morgan fingerprint density at radius 3 is 2.89 bits per heavy atom. The monoisotopic (exact) mass is 123 g/mol. The Hall–Kier alpha value is -0.720. The van der Waals surface area contributed by atoms with Gasteiger partial charge in [0.1, 0.15) is 0 Å². The van der Waals surface area contributed by atoms with Crippen molar-refractivity contribution < 1.29 is 0 Å². The minimum absolute atomic E-state index is 1.09. The topological polar surface area (TPSA) is 12.0 Å². The lowest BCUT2D eigenvalue weighted by atomic mass is 10.2. The maximum Gasteiger partial charge on any atom is 0.0181 e. The molecule has 0 atom stereocenters. The molecule has 0 saturated carbocycles. The van der Waals surface area contributed by atoms with Crippen LogP contribution in [0.3, 0.4) is 0 Å². The maximum absolute atomic E-state index is 3.28. The molecule has 9 heavy (non-hydrogen) atoms. The highest BCUT2D eigenvalue weighted by atomic mass is 14.9. The first kappa shape index (κ1) is 6.40. The van der Waals surface area contributed by atoms with E-state index in [2.05, 4.69) is 31.3 Å². The second kappa shape index (κ2) is 2.72. The van der Waals surface area contributed by atoms with Crippen LogP contribution in [0.2, 0.25) is 0 Å². The third-order valence-corrected chi connectivity index (χ3v) is 1.54. The summed E-state index contributed by atoms with van der Waals surface area (Å²) in [6, 6.07) is 0. The molecule has 1 heteroatoms. The number of rotatable bonds is 0. The van der Waals surface area contributed by atoms with Gasteiger partial charge in [0.15, 0.2) is 0 Å². The first-order valence-electron chi connectivity index (χ1n) is 3.37. The Labute approximate surface area is 56.5 Å². The summed E-state index contributed by atoms with van der Waals surface area (Å²) < 4.78 is 0. The molecule has 0 aromatic heterocycles. The van der Waals surface area contributed by atoms with Crippen LogP contribution in [0.25, 0.3) is 0 Å². The largest absolute Gasteiger partial charge is 0.388 e. The van der Waals surface area contributed by atoms with E-state index in [1.54, 1.807) is 0 Å². The van der Waals surface area contributed by atoms with Crippen LogP contribution in [-0.2, 0) is 0 Å². The summed E-state index contributed by atoms with van der Waals surface area (Å²) in [5.74, 6) is 0. The first-order valence-corrected chi connectivity index (χ1v) is 3.37. The fourth-order valence-electron chi connectivity index (χ4n) is 0.866. The molecular weight excluding hydrogens is 110 g/mol.